The van der Waals surface area contributed by atoms with Crippen molar-refractivity contribution in [2.75, 3.05) is 0 Å². The van der Waals surface area contributed by atoms with Crippen LogP contribution in [0.15, 0.2) is 28.8 Å². The molecule has 12 heteroatoms. The third-order valence-corrected chi connectivity index (χ3v) is 3.94. The molecule has 0 amide bonds. The first kappa shape index (κ1) is 14.7. The largest absolute Gasteiger partial charge is 0.0669 e. The van der Waals surface area contributed by atoms with Crippen LogP contribution in [0.25, 0.3) is 31.3 Å². The predicted octanol–water partition coefficient (Wildman–Crippen LogP) is 6.80. The fourth-order valence-electron chi connectivity index (χ4n) is 1.02. The third kappa shape index (κ3) is 2.70. The molecular formula is C6Br3N9. The Kier molecular flexibility index (Phi) is 5.29. The Balaban J connectivity index is 3.91. The van der Waals surface area contributed by atoms with Crippen LogP contribution >= 0.6 is 47.8 Å². The highest BCUT2D eigenvalue weighted by atomic mass is 79.9. The molecule has 0 N–H and O–H groups in total. The van der Waals surface area contributed by atoms with Crippen LogP contribution in [0.2, 0.25) is 0 Å². The molecule has 0 spiro atoms. The maximum absolute atomic E-state index is 8.48. The van der Waals surface area contributed by atoms with Gasteiger partial charge in [0, 0.05) is 28.2 Å². The van der Waals surface area contributed by atoms with Crippen LogP contribution in [0.3, 0.4) is 0 Å². The van der Waals surface area contributed by atoms with Crippen LogP contribution in [0.5, 0.6) is 0 Å². The zero-order valence-corrected chi connectivity index (χ0v) is 12.9. The number of azide groups is 3. The Hall–Kier alpha value is -1.41. The van der Waals surface area contributed by atoms with Crippen LogP contribution in [-0.4, -0.2) is 0 Å². The van der Waals surface area contributed by atoms with E-state index in [2.05, 4.69) is 77.9 Å². The van der Waals surface area contributed by atoms with Gasteiger partial charge in [-0.25, -0.2) is 0 Å². The Morgan fingerprint density at radius 3 is 1.00 bits per heavy atom. The van der Waals surface area contributed by atoms with Crippen molar-refractivity contribution in [1.29, 1.82) is 0 Å². The van der Waals surface area contributed by atoms with Crippen LogP contribution in [0.4, 0.5) is 17.1 Å². The maximum atomic E-state index is 8.48. The maximum Gasteiger partial charge on any atom is 0.0669 e. The molecule has 0 bridgehead atoms. The van der Waals surface area contributed by atoms with Crippen LogP contribution < -0.4 is 0 Å². The van der Waals surface area contributed by atoms with Crippen molar-refractivity contribution in [1.82, 2.24) is 0 Å². The molecular weight excluding hydrogens is 438 g/mol. The van der Waals surface area contributed by atoms with Gasteiger partial charge >= 0.3 is 0 Å². The molecule has 18 heavy (non-hydrogen) atoms. The Labute approximate surface area is 124 Å². The number of rotatable bonds is 3. The summed E-state index contributed by atoms with van der Waals surface area (Å²) in [6, 6.07) is 0. The first-order valence-electron chi connectivity index (χ1n) is 3.94. The lowest BCUT2D eigenvalue weighted by Crippen LogP contribution is -1.79. The first-order valence-corrected chi connectivity index (χ1v) is 6.32. The molecule has 0 aliphatic carbocycles. The Bertz CT molecular complexity index is 537. The molecule has 1 aromatic carbocycles. The molecule has 0 saturated heterocycles. The standard InChI is InChI=1S/C6Br3N9/c7-1-4(13-16-10)2(8)6(15-18-12)3(9)5(1)14-17-11. The normalized spacial score (nSPS) is 8.83. The summed E-state index contributed by atoms with van der Waals surface area (Å²) in [6.45, 7) is 0. The van der Waals surface area contributed by atoms with Gasteiger partial charge in [-0.2, -0.15) is 0 Å². The number of benzene rings is 1. The number of hydrogen-bond donors (Lipinski definition) is 0. The van der Waals surface area contributed by atoms with Crippen molar-refractivity contribution < 1.29 is 0 Å². The summed E-state index contributed by atoms with van der Waals surface area (Å²) in [7, 11) is 0. The van der Waals surface area contributed by atoms with Gasteiger partial charge in [-0.05, 0) is 64.4 Å². The van der Waals surface area contributed by atoms with E-state index in [1.807, 2.05) is 0 Å². The molecule has 0 unspecified atom stereocenters. The summed E-state index contributed by atoms with van der Waals surface area (Å²) >= 11 is 9.44. The lowest BCUT2D eigenvalue weighted by atomic mass is 10.2. The van der Waals surface area contributed by atoms with E-state index in [1.54, 1.807) is 0 Å². The number of hydrogen-bond acceptors (Lipinski definition) is 3. The minimum atomic E-state index is 0.116. The minimum absolute atomic E-state index is 0.116. The number of halogens is 3. The van der Waals surface area contributed by atoms with E-state index >= 15 is 0 Å². The summed E-state index contributed by atoms with van der Waals surface area (Å²) in [5, 5.41) is 10.3. The first-order chi connectivity index (χ1) is 8.58. The average Bonchev–Trinajstić information content (AvgIpc) is 2.35. The van der Waals surface area contributed by atoms with E-state index in [-0.39, 0.29) is 30.5 Å². The summed E-state index contributed by atoms with van der Waals surface area (Å²) in [6.07, 6.45) is 0. The molecule has 9 nitrogen and oxygen atoms in total. The monoisotopic (exact) mass is 435 g/mol. The Morgan fingerprint density at radius 1 is 0.611 bits per heavy atom. The van der Waals surface area contributed by atoms with E-state index in [0.29, 0.717) is 0 Å². The minimum Gasteiger partial charge on any atom is -0.0584 e. The lowest BCUT2D eigenvalue weighted by molar-refractivity contribution is 1.32. The van der Waals surface area contributed by atoms with Gasteiger partial charge in [-0.1, -0.05) is 15.3 Å². The molecule has 0 fully saturated rings. The summed E-state index contributed by atoms with van der Waals surface area (Å²) in [4.78, 5) is 7.92. The van der Waals surface area contributed by atoms with Crippen LogP contribution in [0, 0.1) is 0 Å². The van der Waals surface area contributed by atoms with Crippen molar-refractivity contribution in [3.8, 4) is 0 Å². The quantitative estimate of drug-likeness (QED) is 0.278. The van der Waals surface area contributed by atoms with E-state index in [1.165, 1.54) is 0 Å². The molecule has 0 saturated carbocycles. The summed E-state index contributed by atoms with van der Waals surface area (Å²) < 4.78 is 0.816. The topological polar surface area (TPSA) is 146 Å². The lowest BCUT2D eigenvalue weighted by Gasteiger charge is -2.10. The molecule has 0 aromatic heterocycles. The molecule has 0 heterocycles. The second-order valence-corrected chi connectivity index (χ2v) is 4.94. The fraction of sp³-hybridized carbons (Fsp3) is 0. The van der Waals surface area contributed by atoms with Gasteiger partial charge in [0.05, 0.1) is 17.1 Å². The SMILES string of the molecule is [N-]=[N+]=Nc1c(Br)c(N=[N+]=[N-])c(Br)c(N=[N+]=[N-])c1Br. The molecule has 90 valence electrons. The molecule has 1 aromatic rings. The highest BCUT2D eigenvalue weighted by molar-refractivity contribution is 9.12. The van der Waals surface area contributed by atoms with Crippen molar-refractivity contribution >= 4 is 64.9 Å². The highest BCUT2D eigenvalue weighted by Gasteiger charge is 2.18. The van der Waals surface area contributed by atoms with E-state index in [4.69, 9.17) is 16.6 Å². The van der Waals surface area contributed by atoms with Gasteiger partial charge in [0.1, 0.15) is 0 Å². The molecule has 0 radical (unpaired) electrons. The van der Waals surface area contributed by atoms with Gasteiger partial charge in [0.2, 0.25) is 0 Å². The van der Waals surface area contributed by atoms with Gasteiger partial charge in [-0.3, -0.25) is 0 Å². The summed E-state index contributed by atoms with van der Waals surface area (Å²) in [5.74, 6) is 0. The van der Waals surface area contributed by atoms with Crippen molar-refractivity contribution in [2.45, 2.75) is 0 Å². The van der Waals surface area contributed by atoms with Crippen LogP contribution in [0.1, 0.15) is 0 Å². The molecule has 0 aliphatic heterocycles. The van der Waals surface area contributed by atoms with E-state index in [9.17, 15) is 0 Å². The van der Waals surface area contributed by atoms with Crippen molar-refractivity contribution in [2.24, 2.45) is 15.3 Å². The molecule has 0 atom stereocenters. The molecule has 0 aliphatic rings. The van der Waals surface area contributed by atoms with Gasteiger partial charge in [0.25, 0.3) is 0 Å². The van der Waals surface area contributed by atoms with Gasteiger partial charge < -0.3 is 0 Å². The zero-order valence-electron chi connectivity index (χ0n) is 8.16. The fourth-order valence-corrected chi connectivity index (χ4v) is 3.49. The molecule has 1 rings (SSSR count). The van der Waals surface area contributed by atoms with Gasteiger partial charge in [0.15, 0.2) is 0 Å². The smallest absolute Gasteiger partial charge is 0.0584 e. The van der Waals surface area contributed by atoms with Gasteiger partial charge in [-0.15, -0.1) is 0 Å². The average molecular weight is 438 g/mol. The number of nitrogens with zero attached hydrogens (tertiary/aromatic N) is 9. The third-order valence-electron chi connectivity index (χ3n) is 1.68. The zero-order chi connectivity index (χ0) is 13.7. The predicted molar refractivity (Wildman–Crippen MR) is 76.0 cm³/mol. The Morgan fingerprint density at radius 2 is 0.833 bits per heavy atom. The second kappa shape index (κ2) is 6.50. The van der Waals surface area contributed by atoms with E-state index < -0.39 is 0 Å². The van der Waals surface area contributed by atoms with Crippen molar-refractivity contribution in [3.05, 3.63) is 44.7 Å². The highest BCUT2D eigenvalue weighted by Crippen LogP contribution is 2.52. The second-order valence-electron chi connectivity index (χ2n) is 2.56. The van der Waals surface area contributed by atoms with E-state index in [0.717, 1.165) is 0 Å². The van der Waals surface area contributed by atoms with Crippen LogP contribution in [-0.2, 0) is 0 Å². The van der Waals surface area contributed by atoms with Crippen molar-refractivity contribution in [3.63, 3.8) is 0 Å². The summed E-state index contributed by atoms with van der Waals surface area (Å²) in [5.41, 5.74) is 25.8.